The Bertz CT molecular complexity index is 628. The molecule has 0 saturated carbocycles. The lowest BCUT2D eigenvalue weighted by molar-refractivity contribution is -0.126. The van der Waals surface area contributed by atoms with Crippen LogP contribution in [0.3, 0.4) is 0 Å². The molecule has 8 heteroatoms. The van der Waals surface area contributed by atoms with Gasteiger partial charge in [-0.3, -0.25) is 4.79 Å². The summed E-state index contributed by atoms with van der Waals surface area (Å²) in [4.78, 5) is 24.1. The summed E-state index contributed by atoms with van der Waals surface area (Å²) in [6.07, 6.45) is -0.276. The second-order valence-electron chi connectivity index (χ2n) is 4.96. The molecule has 22 heavy (non-hydrogen) atoms. The number of ether oxygens (including phenoxy) is 1. The summed E-state index contributed by atoms with van der Waals surface area (Å²) in [6, 6.07) is 8.11. The molecule has 1 aromatic carbocycles. The smallest absolute Gasteiger partial charge is 0.417 e. The largest absolute Gasteiger partial charge is 0.439 e. The van der Waals surface area contributed by atoms with Gasteiger partial charge in [0.25, 0.3) is 5.91 Å². The highest BCUT2D eigenvalue weighted by Gasteiger charge is 2.34. The van der Waals surface area contributed by atoms with Crippen LogP contribution in [0.4, 0.5) is 4.79 Å². The summed E-state index contributed by atoms with van der Waals surface area (Å²) >= 11 is 0. The van der Waals surface area contributed by atoms with Crippen molar-refractivity contribution in [3.05, 3.63) is 35.9 Å². The van der Waals surface area contributed by atoms with E-state index in [0.717, 1.165) is 4.90 Å². The molecule has 1 atom stereocenters. The molecule has 0 aliphatic carbocycles. The third-order valence-corrected chi connectivity index (χ3v) is 4.79. The molecule has 1 aliphatic heterocycles. The normalized spacial score (nSPS) is 16.7. The van der Waals surface area contributed by atoms with E-state index in [1.165, 1.54) is 0 Å². The van der Waals surface area contributed by atoms with Crippen LogP contribution in [0.2, 0.25) is 0 Å². The highest BCUT2D eigenvalue weighted by atomic mass is 32.2. The number of benzene rings is 1. The number of rotatable bonds is 7. The quantitative estimate of drug-likeness (QED) is 0.808. The maximum atomic E-state index is 12.0. The van der Waals surface area contributed by atoms with Gasteiger partial charge >= 0.3 is 6.09 Å². The van der Waals surface area contributed by atoms with Gasteiger partial charge in [-0.05, 0) is 12.0 Å². The summed E-state index contributed by atoms with van der Waals surface area (Å²) in [5.41, 5.74) is 0.676. The van der Waals surface area contributed by atoms with Crippen molar-refractivity contribution in [3.8, 4) is 0 Å². The van der Waals surface area contributed by atoms with E-state index in [2.05, 4.69) is 9.46 Å². The van der Waals surface area contributed by atoms with Crippen molar-refractivity contribution in [1.29, 1.82) is 0 Å². The minimum atomic E-state index is -3.50. The van der Waals surface area contributed by atoms with Gasteiger partial charge in [-0.2, -0.15) is 0 Å². The van der Waals surface area contributed by atoms with Crippen LogP contribution in [0.25, 0.3) is 0 Å². The maximum Gasteiger partial charge on any atom is 0.417 e. The molecule has 7 nitrogen and oxygen atoms in total. The molecular formula is C14H18N2O5S. The summed E-state index contributed by atoms with van der Waals surface area (Å²) in [5, 5.41) is 0. The average molecular weight is 326 g/mol. The zero-order chi connectivity index (χ0) is 16.2. The Balaban J connectivity index is 2.22. The Hall–Kier alpha value is -1.93. The van der Waals surface area contributed by atoms with E-state index in [-0.39, 0.29) is 18.9 Å². The number of hydrogen-bond acceptors (Lipinski definition) is 5. The molecule has 2 amide bonds. The van der Waals surface area contributed by atoms with E-state index in [4.69, 9.17) is 0 Å². The number of cyclic esters (lactones) is 1. The van der Waals surface area contributed by atoms with E-state index < -0.39 is 28.1 Å². The molecule has 2 rings (SSSR count). The summed E-state index contributed by atoms with van der Waals surface area (Å²) in [6.45, 7) is 1.37. The lowest BCUT2D eigenvalue weighted by Crippen LogP contribution is -2.41. The number of imide groups is 1. The van der Waals surface area contributed by atoms with Gasteiger partial charge < -0.3 is 4.74 Å². The first-order valence-electron chi connectivity index (χ1n) is 6.95. The predicted octanol–water partition coefficient (Wildman–Crippen LogP) is 1.04. The third kappa shape index (κ3) is 4.05. The molecule has 1 aliphatic rings. The van der Waals surface area contributed by atoms with Gasteiger partial charge in [-0.25, -0.2) is 22.8 Å². The Morgan fingerprint density at radius 3 is 2.50 bits per heavy atom. The lowest BCUT2D eigenvalue weighted by atomic mass is 10.1. The van der Waals surface area contributed by atoms with Crippen LogP contribution < -0.4 is 4.72 Å². The van der Waals surface area contributed by atoms with Gasteiger partial charge in [-0.1, -0.05) is 37.3 Å². The second-order valence-corrected chi connectivity index (χ2v) is 6.83. The average Bonchev–Trinajstić information content (AvgIpc) is 2.79. The number of nitrogens with zero attached hydrogens (tertiary/aromatic N) is 1. The molecule has 120 valence electrons. The summed E-state index contributed by atoms with van der Waals surface area (Å²) < 4.78 is 31.2. The Kier molecular flexibility index (Phi) is 5.15. The van der Waals surface area contributed by atoms with Crippen LogP contribution in [0, 0.1) is 0 Å². The molecule has 0 radical (unpaired) electrons. The number of carbonyl (C=O) groups excluding carboxylic acids is 2. The first-order valence-corrected chi connectivity index (χ1v) is 8.60. The zero-order valence-corrected chi connectivity index (χ0v) is 13.0. The van der Waals surface area contributed by atoms with Crippen molar-refractivity contribution in [2.24, 2.45) is 0 Å². The molecular weight excluding hydrogens is 308 g/mol. The lowest BCUT2D eigenvalue weighted by Gasteiger charge is -2.22. The molecule has 1 aromatic rings. The first kappa shape index (κ1) is 16.4. The van der Waals surface area contributed by atoms with E-state index in [1.54, 1.807) is 37.3 Å². The van der Waals surface area contributed by atoms with Gasteiger partial charge in [0.2, 0.25) is 10.0 Å². The van der Waals surface area contributed by atoms with Gasteiger partial charge in [0.15, 0.2) is 6.61 Å². The number of nitrogens with one attached hydrogen (secondary N) is 1. The fraction of sp³-hybridized carbons (Fsp3) is 0.429. The van der Waals surface area contributed by atoms with Crippen LogP contribution in [0.15, 0.2) is 30.3 Å². The van der Waals surface area contributed by atoms with Crippen LogP contribution in [0.1, 0.15) is 24.9 Å². The van der Waals surface area contributed by atoms with E-state index >= 15 is 0 Å². The zero-order valence-electron chi connectivity index (χ0n) is 12.2. The molecule has 1 heterocycles. The standard InChI is InChI=1S/C14H18N2O5S/c1-2-8-22(19,20)15-12(11-6-4-3-5-7-11)9-16-13(17)10-21-14(16)18/h3-7,12,15H,2,8-10H2,1H3. The van der Waals surface area contributed by atoms with Crippen LogP contribution in [-0.4, -0.2) is 44.2 Å². The van der Waals surface area contributed by atoms with Crippen molar-refractivity contribution < 1.29 is 22.7 Å². The first-order chi connectivity index (χ1) is 10.4. The minimum absolute atomic E-state index is 0.0191. The van der Waals surface area contributed by atoms with E-state index in [1.807, 2.05) is 0 Å². The Morgan fingerprint density at radius 1 is 1.27 bits per heavy atom. The van der Waals surface area contributed by atoms with Gasteiger partial charge in [-0.15, -0.1) is 0 Å². The molecule has 0 bridgehead atoms. The molecule has 1 unspecified atom stereocenters. The van der Waals surface area contributed by atoms with Crippen molar-refractivity contribution in [2.45, 2.75) is 19.4 Å². The number of carbonyl (C=O) groups is 2. The maximum absolute atomic E-state index is 12.0. The van der Waals surface area contributed by atoms with Crippen LogP contribution in [-0.2, 0) is 19.6 Å². The Labute approximate surface area is 129 Å². The van der Waals surface area contributed by atoms with Crippen molar-refractivity contribution >= 4 is 22.0 Å². The number of amides is 2. The van der Waals surface area contributed by atoms with Crippen molar-refractivity contribution in [3.63, 3.8) is 0 Å². The number of sulfonamides is 1. The Morgan fingerprint density at radius 2 is 1.95 bits per heavy atom. The highest BCUT2D eigenvalue weighted by Crippen LogP contribution is 2.18. The SMILES string of the molecule is CCCS(=O)(=O)NC(CN1C(=O)COC1=O)c1ccccc1. The van der Waals surface area contributed by atoms with Gasteiger partial charge in [0, 0.05) is 0 Å². The summed E-state index contributed by atoms with van der Waals surface area (Å²) in [7, 11) is -3.50. The van der Waals surface area contributed by atoms with E-state index in [9.17, 15) is 18.0 Å². The highest BCUT2D eigenvalue weighted by molar-refractivity contribution is 7.89. The molecule has 0 aromatic heterocycles. The van der Waals surface area contributed by atoms with Crippen molar-refractivity contribution in [1.82, 2.24) is 9.62 Å². The summed E-state index contributed by atoms with van der Waals surface area (Å²) in [5.74, 6) is -0.491. The van der Waals surface area contributed by atoms with Gasteiger partial charge in [0.1, 0.15) is 0 Å². The fourth-order valence-corrected chi connectivity index (χ4v) is 3.48. The van der Waals surface area contributed by atoms with Gasteiger partial charge in [0.05, 0.1) is 18.3 Å². The van der Waals surface area contributed by atoms with Crippen LogP contribution >= 0.6 is 0 Å². The second kappa shape index (κ2) is 6.89. The van der Waals surface area contributed by atoms with Crippen LogP contribution in [0.5, 0.6) is 0 Å². The monoisotopic (exact) mass is 326 g/mol. The molecule has 1 N–H and O–H groups in total. The van der Waals surface area contributed by atoms with Crippen molar-refractivity contribution in [2.75, 3.05) is 18.9 Å². The predicted molar refractivity (Wildman–Crippen MR) is 79.5 cm³/mol. The molecule has 1 fully saturated rings. The topological polar surface area (TPSA) is 92.8 Å². The number of hydrogen-bond donors (Lipinski definition) is 1. The third-order valence-electron chi connectivity index (χ3n) is 3.20. The molecule has 1 saturated heterocycles. The minimum Gasteiger partial charge on any atom is -0.439 e. The van der Waals surface area contributed by atoms with E-state index in [0.29, 0.717) is 12.0 Å². The molecule has 0 spiro atoms. The fourth-order valence-electron chi connectivity index (χ4n) is 2.18.